The standard InChI is InChI=1S/C16H17NO4S2/c1-11(13-7-5-9-22-13)17-15(18)10-21-16(19)12-6-3-4-8-14(12)23(2)20/h3-9,11H,10H2,1-2H3,(H,17,18)/t11-,23+/m1/s1. The normalized spacial score (nSPS) is 13.1. The number of carbonyl (C=O) groups excluding carboxylic acids is 2. The van der Waals surface area contributed by atoms with Crippen LogP contribution in [0.25, 0.3) is 0 Å². The van der Waals surface area contributed by atoms with Crippen molar-refractivity contribution in [3.8, 4) is 0 Å². The molecule has 5 nitrogen and oxygen atoms in total. The number of amides is 1. The van der Waals surface area contributed by atoms with Gasteiger partial charge in [0.05, 0.1) is 27.3 Å². The summed E-state index contributed by atoms with van der Waals surface area (Å²) >= 11 is 1.54. The van der Waals surface area contributed by atoms with Crippen molar-refractivity contribution in [3.05, 3.63) is 52.2 Å². The summed E-state index contributed by atoms with van der Waals surface area (Å²) in [7, 11) is -1.30. The quantitative estimate of drug-likeness (QED) is 0.812. The van der Waals surface area contributed by atoms with E-state index in [0.717, 1.165) is 4.88 Å². The first-order valence-electron chi connectivity index (χ1n) is 6.91. The van der Waals surface area contributed by atoms with Gasteiger partial charge in [-0.3, -0.25) is 9.00 Å². The molecule has 0 aliphatic rings. The number of hydrogen-bond donors (Lipinski definition) is 1. The third-order valence-corrected chi connectivity index (χ3v) is 5.13. The number of benzene rings is 1. The Hall–Kier alpha value is -1.99. The van der Waals surface area contributed by atoms with Crippen molar-refractivity contribution in [2.45, 2.75) is 17.9 Å². The van der Waals surface area contributed by atoms with Crippen molar-refractivity contribution in [1.29, 1.82) is 0 Å². The Balaban J connectivity index is 1.92. The van der Waals surface area contributed by atoms with Crippen LogP contribution in [0.5, 0.6) is 0 Å². The summed E-state index contributed by atoms with van der Waals surface area (Å²) in [5, 5.41) is 4.69. The van der Waals surface area contributed by atoms with Crippen molar-refractivity contribution < 1.29 is 18.5 Å². The van der Waals surface area contributed by atoms with Gasteiger partial charge < -0.3 is 10.1 Å². The van der Waals surface area contributed by atoms with Crippen LogP contribution in [0.3, 0.4) is 0 Å². The van der Waals surface area contributed by atoms with E-state index in [1.807, 2.05) is 24.4 Å². The van der Waals surface area contributed by atoms with Crippen molar-refractivity contribution >= 4 is 34.0 Å². The van der Waals surface area contributed by atoms with Crippen LogP contribution >= 0.6 is 11.3 Å². The lowest BCUT2D eigenvalue weighted by Gasteiger charge is -2.12. The van der Waals surface area contributed by atoms with Crippen LogP contribution in [0.4, 0.5) is 0 Å². The summed E-state index contributed by atoms with van der Waals surface area (Å²) in [5.74, 6) is -1.04. The molecule has 122 valence electrons. The Morgan fingerprint density at radius 1 is 1.26 bits per heavy atom. The number of nitrogens with one attached hydrogen (secondary N) is 1. The maximum Gasteiger partial charge on any atom is 0.339 e. The van der Waals surface area contributed by atoms with Crippen LogP contribution in [0, 0.1) is 0 Å². The van der Waals surface area contributed by atoms with Crippen LogP contribution in [-0.4, -0.2) is 28.9 Å². The van der Waals surface area contributed by atoms with Crippen LogP contribution in [0.2, 0.25) is 0 Å². The minimum Gasteiger partial charge on any atom is -0.452 e. The zero-order chi connectivity index (χ0) is 16.8. The van der Waals surface area contributed by atoms with E-state index in [9.17, 15) is 13.8 Å². The maximum atomic E-state index is 12.1. The second-order valence-corrected chi connectivity index (χ2v) is 7.16. The molecule has 2 atom stereocenters. The molecule has 0 fully saturated rings. The summed E-state index contributed by atoms with van der Waals surface area (Å²) in [6, 6.07) is 10.2. The fraction of sp³-hybridized carbons (Fsp3) is 0.250. The van der Waals surface area contributed by atoms with E-state index < -0.39 is 16.8 Å². The van der Waals surface area contributed by atoms with E-state index in [1.54, 1.807) is 29.5 Å². The van der Waals surface area contributed by atoms with Crippen LogP contribution in [0.1, 0.15) is 28.2 Å². The van der Waals surface area contributed by atoms with E-state index in [4.69, 9.17) is 4.74 Å². The summed E-state index contributed by atoms with van der Waals surface area (Å²) in [5.41, 5.74) is 0.215. The monoisotopic (exact) mass is 351 g/mol. The predicted octanol–water partition coefficient (Wildman–Crippen LogP) is 2.52. The zero-order valence-electron chi connectivity index (χ0n) is 12.8. The molecule has 1 N–H and O–H groups in total. The van der Waals surface area contributed by atoms with E-state index in [2.05, 4.69) is 5.32 Å². The fourth-order valence-electron chi connectivity index (χ4n) is 1.99. The highest BCUT2D eigenvalue weighted by atomic mass is 32.2. The van der Waals surface area contributed by atoms with E-state index in [0.29, 0.717) is 4.90 Å². The molecule has 0 saturated carbocycles. The van der Waals surface area contributed by atoms with Gasteiger partial charge in [0.1, 0.15) is 0 Å². The molecule has 0 spiro atoms. The van der Waals surface area contributed by atoms with Gasteiger partial charge in [0.25, 0.3) is 5.91 Å². The lowest BCUT2D eigenvalue weighted by atomic mass is 10.2. The number of thiophene rings is 1. The minimum atomic E-state index is -1.30. The highest BCUT2D eigenvalue weighted by molar-refractivity contribution is 7.84. The third-order valence-electron chi connectivity index (χ3n) is 3.10. The molecule has 7 heteroatoms. The number of esters is 1. The molecule has 2 aromatic rings. The molecule has 0 unspecified atom stereocenters. The van der Waals surface area contributed by atoms with Gasteiger partial charge in [-0.15, -0.1) is 11.3 Å². The Kier molecular flexibility index (Phi) is 6.06. The molecule has 1 aromatic heterocycles. The van der Waals surface area contributed by atoms with Gasteiger partial charge in [-0.05, 0) is 30.5 Å². The smallest absolute Gasteiger partial charge is 0.339 e. The van der Waals surface area contributed by atoms with Gasteiger partial charge in [-0.1, -0.05) is 18.2 Å². The van der Waals surface area contributed by atoms with Gasteiger partial charge in [-0.25, -0.2) is 4.79 Å². The SMILES string of the molecule is C[C@@H](NC(=O)COC(=O)c1ccccc1[S@](C)=O)c1cccs1. The predicted molar refractivity (Wildman–Crippen MR) is 89.9 cm³/mol. The minimum absolute atomic E-state index is 0.142. The molecule has 0 radical (unpaired) electrons. The molecular formula is C16H17NO4S2. The van der Waals surface area contributed by atoms with Gasteiger partial charge in [0.2, 0.25) is 0 Å². The fourth-order valence-corrected chi connectivity index (χ4v) is 3.45. The van der Waals surface area contributed by atoms with Crippen LogP contribution < -0.4 is 5.32 Å². The van der Waals surface area contributed by atoms with Crippen molar-refractivity contribution in [2.75, 3.05) is 12.9 Å². The third kappa shape index (κ3) is 4.74. The van der Waals surface area contributed by atoms with E-state index in [-0.39, 0.29) is 24.1 Å². The molecule has 0 aliphatic carbocycles. The summed E-state index contributed by atoms with van der Waals surface area (Å²) in [6.07, 6.45) is 1.49. The molecule has 0 saturated heterocycles. The van der Waals surface area contributed by atoms with Crippen molar-refractivity contribution in [2.24, 2.45) is 0 Å². The van der Waals surface area contributed by atoms with Gasteiger partial charge >= 0.3 is 5.97 Å². The lowest BCUT2D eigenvalue weighted by molar-refractivity contribution is -0.124. The van der Waals surface area contributed by atoms with Crippen molar-refractivity contribution in [1.82, 2.24) is 5.32 Å². The average molecular weight is 351 g/mol. The summed E-state index contributed by atoms with van der Waals surface area (Å²) < 4.78 is 16.6. The molecule has 23 heavy (non-hydrogen) atoms. The van der Waals surface area contributed by atoms with Gasteiger partial charge in [0, 0.05) is 11.1 Å². The van der Waals surface area contributed by atoms with Crippen LogP contribution in [-0.2, 0) is 20.3 Å². The molecular weight excluding hydrogens is 334 g/mol. The van der Waals surface area contributed by atoms with Gasteiger partial charge in [-0.2, -0.15) is 0 Å². The Labute approximate surface area is 141 Å². The topological polar surface area (TPSA) is 72.5 Å². The first kappa shape index (κ1) is 17.4. The van der Waals surface area contributed by atoms with Gasteiger partial charge in [0.15, 0.2) is 6.61 Å². The van der Waals surface area contributed by atoms with Crippen LogP contribution in [0.15, 0.2) is 46.7 Å². The highest BCUT2D eigenvalue weighted by Crippen LogP contribution is 2.18. The first-order chi connectivity index (χ1) is 11.0. The molecule has 0 bridgehead atoms. The largest absolute Gasteiger partial charge is 0.452 e. The Bertz CT molecular complexity index is 713. The summed E-state index contributed by atoms with van der Waals surface area (Å²) in [4.78, 5) is 25.3. The second kappa shape index (κ2) is 8.03. The second-order valence-electron chi connectivity index (χ2n) is 4.83. The van der Waals surface area contributed by atoms with E-state index >= 15 is 0 Å². The zero-order valence-corrected chi connectivity index (χ0v) is 14.4. The lowest BCUT2D eigenvalue weighted by Crippen LogP contribution is -2.30. The maximum absolute atomic E-state index is 12.1. The first-order valence-corrected chi connectivity index (χ1v) is 9.35. The number of hydrogen-bond acceptors (Lipinski definition) is 5. The number of ether oxygens (including phenoxy) is 1. The molecule has 1 aromatic carbocycles. The molecule has 1 heterocycles. The van der Waals surface area contributed by atoms with Crippen molar-refractivity contribution in [3.63, 3.8) is 0 Å². The summed E-state index contributed by atoms with van der Waals surface area (Å²) in [6.45, 7) is 1.49. The number of rotatable bonds is 6. The Morgan fingerprint density at radius 3 is 2.65 bits per heavy atom. The Morgan fingerprint density at radius 2 is 2.00 bits per heavy atom. The number of carbonyl (C=O) groups is 2. The van der Waals surface area contributed by atoms with E-state index in [1.165, 1.54) is 12.3 Å². The molecule has 2 rings (SSSR count). The molecule has 1 amide bonds. The molecule has 0 aliphatic heterocycles. The highest BCUT2D eigenvalue weighted by Gasteiger charge is 2.17. The average Bonchev–Trinajstić information content (AvgIpc) is 3.07.